The fourth-order valence-electron chi connectivity index (χ4n) is 2.53. The first-order valence-corrected chi connectivity index (χ1v) is 7.79. The van der Waals surface area contributed by atoms with E-state index in [-0.39, 0.29) is 12.4 Å². The van der Waals surface area contributed by atoms with E-state index >= 15 is 0 Å². The minimum Gasteiger partial charge on any atom is -0.505 e. The third-order valence-electron chi connectivity index (χ3n) is 3.84. The molecular formula is C19H13F2N3O2. The summed E-state index contributed by atoms with van der Waals surface area (Å²) in [6.45, 7) is 0.210. The Morgan fingerprint density at radius 3 is 2.58 bits per heavy atom. The Balaban J connectivity index is 1.57. The van der Waals surface area contributed by atoms with Crippen LogP contribution in [0.3, 0.4) is 0 Å². The molecule has 0 fully saturated rings. The van der Waals surface area contributed by atoms with Crippen molar-refractivity contribution in [2.45, 2.75) is 6.61 Å². The minimum atomic E-state index is -0.675. The summed E-state index contributed by atoms with van der Waals surface area (Å²) in [5.41, 5.74) is 1.99. The molecule has 2 heterocycles. The maximum atomic E-state index is 13.2. The molecule has 26 heavy (non-hydrogen) atoms. The molecule has 4 rings (SSSR count). The summed E-state index contributed by atoms with van der Waals surface area (Å²) < 4.78 is 33.4. The van der Waals surface area contributed by atoms with Crippen molar-refractivity contribution in [3.63, 3.8) is 0 Å². The van der Waals surface area contributed by atoms with Crippen molar-refractivity contribution in [1.82, 2.24) is 14.4 Å². The molecule has 0 spiro atoms. The van der Waals surface area contributed by atoms with Crippen molar-refractivity contribution in [3.05, 3.63) is 78.4 Å². The van der Waals surface area contributed by atoms with Crippen molar-refractivity contribution in [2.24, 2.45) is 0 Å². The first-order valence-electron chi connectivity index (χ1n) is 7.79. The van der Waals surface area contributed by atoms with Gasteiger partial charge in [0.15, 0.2) is 11.6 Å². The molecule has 0 unspecified atom stereocenters. The Kier molecular flexibility index (Phi) is 3.96. The summed E-state index contributed by atoms with van der Waals surface area (Å²) in [6, 6.07) is 9.84. The van der Waals surface area contributed by atoms with Gasteiger partial charge in [0, 0.05) is 24.2 Å². The molecule has 0 bridgehead atoms. The highest BCUT2D eigenvalue weighted by Gasteiger charge is 2.08. The Morgan fingerprint density at radius 1 is 1.00 bits per heavy atom. The van der Waals surface area contributed by atoms with Gasteiger partial charge in [-0.3, -0.25) is 4.40 Å². The van der Waals surface area contributed by atoms with E-state index in [0.29, 0.717) is 28.3 Å². The van der Waals surface area contributed by atoms with Gasteiger partial charge in [0.25, 0.3) is 0 Å². The topological polar surface area (TPSA) is 59.7 Å². The molecule has 7 heteroatoms. The lowest BCUT2D eigenvalue weighted by atomic mass is 10.1. The fourth-order valence-corrected chi connectivity index (χ4v) is 2.53. The molecule has 2 aromatic carbocycles. The zero-order chi connectivity index (χ0) is 18.1. The number of phenols is 1. The number of aromatic nitrogens is 3. The van der Waals surface area contributed by atoms with Gasteiger partial charge in [-0.25, -0.2) is 18.7 Å². The number of hydrogen-bond donors (Lipinski definition) is 1. The van der Waals surface area contributed by atoms with Crippen LogP contribution in [0.15, 0.2) is 61.1 Å². The lowest BCUT2D eigenvalue weighted by Gasteiger charge is -2.03. The third-order valence-corrected chi connectivity index (χ3v) is 3.84. The number of halogens is 2. The number of rotatable bonds is 4. The second-order valence-electron chi connectivity index (χ2n) is 5.69. The van der Waals surface area contributed by atoms with Crippen molar-refractivity contribution >= 4 is 5.78 Å². The van der Waals surface area contributed by atoms with E-state index in [1.54, 1.807) is 41.2 Å². The molecule has 0 amide bonds. The van der Waals surface area contributed by atoms with Crippen molar-refractivity contribution < 1.29 is 18.6 Å². The molecule has 0 saturated carbocycles. The van der Waals surface area contributed by atoms with E-state index in [4.69, 9.17) is 4.74 Å². The monoisotopic (exact) mass is 353 g/mol. The van der Waals surface area contributed by atoms with Gasteiger partial charge in [-0.2, -0.15) is 0 Å². The van der Waals surface area contributed by atoms with Crippen LogP contribution >= 0.6 is 0 Å². The largest absolute Gasteiger partial charge is 0.505 e. The van der Waals surface area contributed by atoms with E-state index < -0.39 is 11.6 Å². The van der Waals surface area contributed by atoms with E-state index in [0.717, 1.165) is 0 Å². The van der Waals surface area contributed by atoms with E-state index in [2.05, 4.69) is 9.97 Å². The predicted octanol–water partition coefficient (Wildman–Crippen LogP) is 3.96. The number of ether oxygens (including phenoxy) is 1. The van der Waals surface area contributed by atoms with Crippen LogP contribution in [0.1, 0.15) is 5.69 Å². The number of hydrogen-bond acceptors (Lipinski definition) is 4. The summed E-state index contributed by atoms with van der Waals surface area (Å²) in [5.74, 6) is -0.391. The summed E-state index contributed by atoms with van der Waals surface area (Å²) in [6.07, 6.45) is 5.14. The minimum absolute atomic E-state index is 0.210. The highest BCUT2D eigenvalue weighted by atomic mass is 19.1. The Labute approximate surface area is 147 Å². The van der Waals surface area contributed by atoms with Crippen LogP contribution < -0.4 is 4.74 Å². The zero-order valence-corrected chi connectivity index (χ0v) is 13.4. The molecule has 2 aromatic heterocycles. The standard InChI is InChI=1S/C19H13F2N3O2/c20-14-2-4-16(5-3-14)26-11-15-10-24-9-13(8-22-19(24)23-15)12-1-6-17(21)18(25)7-12/h1-10,25H,11H2. The molecule has 0 atom stereocenters. The van der Waals surface area contributed by atoms with E-state index in [1.807, 2.05) is 0 Å². The number of fused-ring (bicyclic) bond motifs is 1. The lowest BCUT2D eigenvalue weighted by Crippen LogP contribution is -1.95. The van der Waals surface area contributed by atoms with Crippen molar-refractivity contribution in [2.75, 3.05) is 0 Å². The molecule has 0 radical (unpaired) electrons. The van der Waals surface area contributed by atoms with Gasteiger partial charge < -0.3 is 9.84 Å². The summed E-state index contributed by atoms with van der Waals surface area (Å²) in [5, 5.41) is 9.52. The third kappa shape index (κ3) is 3.19. The second-order valence-corrected chi connectivity index (χ2v) is 5.69. The molecule has 0 saturated heterocycles. The number of benzene rings is 2. The average Bonchev–Trinajstić information content (AvgIpc) is 3.05. The molecule has 0 aliphatic heterocycles. The van der Waals surface area contributed by atoms with Gasteiger partial charge in [0.05, 0.1) is 5.69 Å². The summed E-state index contributed by atoms with van der Waals surface area (Å²) in [7, 11) is 0. The first kappa shape index (κ1) is 16.0. The number of aromatic hydroxyl groups is 1. The highest BCUT2D eigenvalue weighted by molar-refractivity contribution is 5.64. The summed E-state index contributed by atoms with van der Waals surface area (Å²) >= 11 is 0. The summed E-state index contributed by atoms with van der Waals surface area (Å²) in [4.78, 5) is 8.62. The average molecular weight is 353 g/mol. The second kappa shape index (κ2) is 6.44. The van der Waals surface area contributed by atoms with Crippen molar-refractivity contribution in [3.8, 4) is 22.6 Å². The molecular weight excluding hydrogens is 340 g/mol. The number of phenolic OH excluding ortho intramolecular Hbond substituents is 1. The van der Waals surface area contributed by atoms with Gasteiger partial charge >= 0.3 is 0 Å². The normalized spacial score (nSPS) is 11.0. The molecule has 130 valence electrons. The highest BCUT2D eigenvalue weighted by Crippen LogP contribution is 2.25. The number of nitrogens with zero attached hydrogens (tertiary/aromatic N) is 3. The maximum Gasteiger partial charge on any atom is 0.234 e. The Bertz CT molecular complexity index is 1080. The number of imidazole rings is 1. The quantitative estimate of drug-likeness (QED) is 0.603. The van der Waals surface area contributed by atoms with Gasteiger partial charge in [-0.15, -0.1) is 0 Å². The first-order chi connectivity index (χ1) is 12.6. The van der Waals surface area contributed by atoms with E-state index in [1.165, 1.54) is 24.3 Å². The predicted molar refractivity (Wildman–Crippen MR) is 90.8 cm³/mol. The van der Waals surface area contributed by atoms with Gasteiger partial charge in [0.1, 0.15) is 18.2 Å². The van der Waals surface area contributed by atoms with Crippen LogP contribution in [0.4, 0.5) is 8.78 Å². The lowest BCUT2D eigenvalue weighted by molar-refractivity contribution is 0.301. The van der Waals surface area contributed by atoms with Crippen LogP contribution in [0.5, 0.6) is 11.5 Å². The van der Waals surface area contributed by atoms with Crippen LogP contribution in [0.2, 0.25) is 0 Å². The molecule has 0 aliphatic carbocycles. The van der Waals surface area contributed by atoms with Crippen LogP contribution in [-0.4, -0.2) is 19.5 Å². The molecule has 1 N–H and O–H groups in total. The van der Waals surface area contributed by atoms with Crippen LogP contribution in [0.25, 0.3) is 16.9 Å². The molecule has 0 aliphatic rings. The van der Waals surface area contributed by atoms with Crippen LogP contribution in [0, 0.1) is 11.6 Å². The van der Waals surface area contributed by atoms with Crippen molar-refractivity contribution in [1.29, 1.82) is 0 Å². The Hall–Kier alpha value is -3.48. The maximum absolute atomic E-state index is 13.2. The molecule has 4 aromatic rings. The smallest absolute Gasteiger partial charge is 0.234 e. The van der Waals surface area contributed by atoms with Crippen LogP contribution in [-0.2, 0) is 6.61 Å². The Morgan fingerprint density at radius 2 is 1.81 bits per heavy atom. The van der Waals surface area contributed by atoms with Gasteiger partial charge in [-0.05, 0) is 42.0 Å². The van der Waals surface area contributed by atoms with E-state index in [9.17, 15) is 13.9 Å². The molecule has 5 nitrogen and oxygen atoms in total. The zero-order valence-electron chi connectivity index (χ0n) is 13.4. The van der Waals surface area contributed by atoms with Gasteiger partial charge in [0.2, 0.25) is 5.78 Å². The fraction of sp³-hybridized carbons (Fsp3) is 0.0526. The SMILES string of the molecule is Oc1cc(-c2cnc3nc(COc4ccc(F)cc4)cn3c2)ccc1F. The van der Waals surface area contributed by atoms with Gasteiger partial charge in [-0.1, -0.05) is 6.07 Å².